The number of hydrogen-bond acceptors (Lipinski definition) is 3. The Labute approximate surface area is 117 Å². The summed E-state index contributed by atoms with van der Waals surface area (Å²) in [6.45, 7) is 2.84. The number of carboxylic acid groups (broad SMARTS) is 1. The molecule has 20 heavy (non-hydrogen) atoms. The Hall–Kier alpha value is -2.11. The average molecular weight is 277 g/mol. The van der Waals surface area contributed by atoms with Crippen molar-refractivity contribution in [3.8, 4) is 0 Å². The molecule has 0 radical (unpaired) electrons. The van der Waals surface area contributed by atoms with Gasteiger partial charge in [0, 0.05) is 6.54 Å². The quantitative estimate of drug-likeness (QED) is 0.768. The van der Waals surface area contributed by atoms with Gasteiger partial charge in [-0.25, -0.2) is 4.79 Å². The van der Waals surface area contributed by atoms with Gasteiger partial charge in [0.05, 0.1) is 24.0 Å². The SMILES string of the molecule is CC1(CNC(=O)Nc2ccc(CC(=O)O)nc2)CCC1. The van der Waals surface area contributed by atoms with Gasteiger partial charge in [-0.3, -0.25) is 9.78 Å². The van der Waals surface area contributed by atoms with E-state index in [0.717, 1.165) is 12.8 Å². The second-order valence-electron chi connectivity index (χ2n) is 5.58. The van der Waals surface area contributed by atoms with Gasteiger partial charge in [0.25, 0.3) is 0 Å². The molecule has 0 aliphatic heterocycles. The molecule has 0 spiro atoms. The van der Waals surface area contributed by atoms with Gasteiger partial charge in [0.15, 0.2) is 0 Å². The van der Waals surface area contributed by atoms with E-state index in [9.17, 15) is 9.59 Å². The number of aromatic nitrogens is 1. The molecule has 6 heteroatoms. The number of aliphatic carboxylic acids is 1. The van der Waals surface area contributed by atoms with Crippen molar-refractivity contribution in [1.29, 1.82) is 0 Å². The maximum Gasteiger partial charge on any atom is 0.319 e. The Morgan fingerprint density at radius 1 is 1.40 bits per heavy atom. The summed E-state index contributed by atoms with van der Waals surface area (Å²) in [5.74, 6) is -0.926. The zero-order valence-corrected chi connectivity index (χ0v) is 11.5. The van der Waals surface area contributed by atoms with Crippen LogP contribution in [-0.4, -0.2) is 28.6 Å². The van der Waals surface area contributed by atoms with E-state index in [4.69, 9.17) is 5.11 Å². The molecular formula is C14H19N3O3. The van der Waals surface area contributed by atoms with Gasteiger partial charge in [-0.15, -0.1) is 0 Å². The van der Waals surface area contributed by atoms with Gasteiger partial charge >= 0.3 is 12.0 Å². The number of rotatable bonds is 5. The minimum atomic E-state index is -0.926. The van der Waals surface area contributed by atoms with Crippen LogP contribution >= 0.6 is 0 Å². The van der Waals surface area contributed by atoms with Crippen molar-refractivity contribution in [2.75, 3.05) is 11.9 Å². The van der Waals surface area contributed by atoms with Crippen LogP contribution in [0.1, 0.15) is 31.9 Å². The topological polar surface area (TPSA) is 91.3 Å². The number of anilines is 1. The van der Waals surface area contributed by atoms with E-state index in [2.05, 4.69) is 22.5 Å². The number of hydrogen-bond donors (Lipinski definition) is 3. The van der Waals surface area contributed by atoms with Crippen LogP contribution in [0.4, 0.5) is 10.5 Å². The molecule has 3 N–H and O–H groups in total. The lowest BCUT2D eigenvalue weighted by atomic mass is 9.70. The van der Waals surface area contributed by atoms with Gasteiger partial charge in [-0.1, -0.05) is 13.3 Å². The van der Waals surface area contributed by atoms with Crippen molar-refractivity contribution in [2.45, 2.75) is 32.6 Å². The molecular weight excluding hydrogens is 258 g/mol. The molecule has 1 aliphatic rings. The number of carbonyl (C=O) groups is 2. The van der Waals surface area contributed by atoms with Crippen LogP contribution in [-0.2, 0) is 11.2 Å². The zero-order valence-electron chi connectivity index (χ0n) is 11.5. The fraction of sp³-hybridized carbons (Fsp3) is 0.500. The van der Waals surface area contributed by atoms with E-state index >= 15 is 0 Å². The second-order valence-corrected chi connectivity index (χ2v) is 5.58. The third kappa shape index (κ3) is 3.94. The van der Waals surface area contributed by atoms with Crippen LogP contribution < -0.4 is 10.6 Å². The Morgan fingerprint density at radius 2 is 2.15 bits per heavy atom. The first-order valence-electron chi connectivity index (χ1n) is 6.68. The van der Waals surface area contributed by atoms with Crippen LogP contribution in [0.25, 0.3) is 0 Å². The maximum atomic E-state index is 11.7. The Morgan fingerprint density at radius 3 is 2.65 bits per heavy atom. The average Bonchev–Trinajstić information content (AvgIpc) is 2.36. The van der Waals surface area contributed by atoms with Crippen molar-refractivity contribution in [3.63, 3.8) is 0 Å². The molecule has 0 bridgehead atoms. The fourth-order valence-electron chi connectivity index (χ4n) is 2.18. The fourth-order valence-corrected chi connectivity index (χ4v) is 2.18. The summed E-state index contributed by atoms with van der Waals surface area (Å²) in [5.41, 5.74) is 1.25. The molecule has 1 aromatic heterocycles. The first-order chi connectivity index (χ1) is 9.47. The lowest BCUT2D eigenvalue weighted by Gasteiger charge is -2.38. The first-order valence-corrected chi connectivity index (χ1v) is 6.68. The van der Waals surface area contributed by atoms with Gasteiger partial charge in [0.2, 0.25) is 0 Å². The molecule has 1 aliphatic carbocycles. The first kappa shape index (κ1) is 14.3. The predicted octanol–water partition coefficient (Wildman–Crippen LogP) is 2.02. The lowest BCUT2D eigenvalue weighted by molar-refractivity contribution is -0.136. The molecule has 0 aromatic carbocycles. The van der Waals surface area contributed by atoms with Crippen LogP contribution in [0.5, 0.6) is 0 Å². The molecule has 2 amide bonds. The van der Waals surface area contributed by atoms with E-state index in [1.54, 1.807) is 12.1 Å². The lowest BCUT2D eigenvalue weighted by Crippen LogP contribution is -2.41. The van der Waals surface area contributed by atoms with Crippen LogP contribution in [0, 0.1) is 5.41 Å². The monoisotopic (exact) mass is 277 g/mol. The van der Waals surface area contributed by atoms with Crippen LogP contribution in [0.3, 0.4) is 0 Å². The van der Waals surface area contributed by atoms with E-state index in [1.165, 1.54) is 12.6 Å². The van der Waals surface area contributed by atoms with Crippen molar-refractivity contribution in [3.05, 3.63) is 24.0 Å². The Balaban J connectivity index is 1.80. The maximum absolute atomic E-state index is 11.7. The van der Waals surface area contributed by atoms with Gasteiger partial charge in [-0.05, 0) is 30.4 Å². The number of urea groups is 1. The molecule has 108 valence electrons. The summed E-state index contributed by atoms with van der Waals surface area (Å²) in [6, 6.07) is 2.98. The highest BCUT2D eigenvalue weighted by Gasteiger charge is 2.31. The van der Waals surface area contributed by atoms with E-state index < -0.39 is 5.97 Å². The van der Waals surface area contributed by atoms with E-state index in [-0.39, 0.29) is 17.9 Å². The van der Waals surface area contributed by atoms with Crippen molar-refractivity contribution < 1.29 is 14.7 Å². The Kier molecular flexibility index (Phi) is 4.22. The minimum absolute atomic E-state index is 0.120. The molecule has 1 aromatic rings. The number of amides is 2. The molecule has 0 unspecified atom stereocenters. The summed E-state index contributed by atoms with van der Waals surface area (Å²) in [7, 11) is 0. The number of carboxylic acids is 1. The highest BCUT2D eigenvalue weighted by molar-refractivity contribution is 5.89. The van der Waals surface area contributed by atoms with Gasteiger partial charge < -0.3 is 15.7 Å². The van der Waals surface area contributed by atoms with Gasteiger partial charge in [-0.2, -0.15) is 0 Å². The van der Waals surface area contributed by atoms with Crippen LogP contribution in [0.2, 0.25) is 0 Å². The number of nitrogens with one attached hydrogen (secondary N) is 2. The summed E-state index contributed by atoms with van der Waals surface area (Å²) in [6.07, 6.45) is 4.87. The molecule has 1 saturated carbocycles. The molecule has 6 nitrogen and oxygen atoms in total. The normalized spacial score (nSPS) is 16.1. The number of pyridine rings is 1. The summed E-state index contributed by atoms with van der Waals surface area (Å²) in [4.78, 5) is 26.2. The van der Waals surface area contributed by atoms with Crippen molar-refractivity contribution in [2.24, 2.45) is 5.41 Å². The number of carbonyl (C=O) groups excluding carboxylic acids is 1. The predicted molar refractivity (Wildman–Crippen MR) is 74.6 cm³/mol. The van der Waals surface area contributed by atoms with Gasteiger partial charge in [0.1, 0.15) is 0 Å². The van der Waals surface area contributed by atoms with Crippen molar-refractivity contribution in [1.82, 2.24) is 10.3 Å². The van der Waals surface area contributed by atoms with Crippen molar-refractivity contribution >= 4 is 17.7 Å². The molecule has 2 rings (SSSR count). The molecule has 0 atom stereocenters. The largest absolute Gasteiger partial charge is 0.481 e. The zero-order chi connectivity index (χ0) is 14.6. The standard InChI is InChI=1S/C14H19N3O3/c1-14(5-2-6-14)9-16-13(20)17-11-4-3-10(15-8-11)7-12(18)19/h3-4,8H,2,5-7,9H2,1H3,(H,18,19)(H2,16,17,20). The number of nitrogens with zero attached hydrogens (tertiary/aromatic N) is 1. The summed E-state index contributed by atoms with van der Waals surface area (Å²) in [5, 5.41) is 14.2. The van der Waals surface area contributed by atoms with E-state index in [0.29, 0.717) is 17.9 Å². The molecule has 1 heterocycles. The molecule has 0 saturated heterocycles. The van der Waals surface area contributed by atoms with Crippen LogP contribution in [0.15, 0.2) is 18.3 Å². The Bertz CT molecular complexity index is 495. The highest BCUT2D eigenvalue weighted by Crippen LogP contribution is 2.39. The third-order valence-electron chi connectivity index (χ3n) is 3.65. The molecule has 1 fully saturated rings. The smallest absolute Gasteiger partial charge is 0.319 e. The second kappa shape index (κ2) is 5.90. The summed E-state index contributed by atoms with van der Waals surface area (Å²) < 4.78 is 0. The summed E-state index contributed by atoms with van der Waals surface area (Å²) >= 11 is 0. The third-order valence-corrected chi connectivity index (χ3v) is 3.65. The minimum Gasteiger partial charge on any atom is -0.481 e. The van der Waals surface area contributed by atoms with E-state index in [1.807, 2.05) is 0 Å². The highest BCUT2D eigenvalue weighted by atomic mass is 16.4.